The smallest absolute Gasteiger partial charge is 0.407 e. The number of nitrogens with zero attached hydrogens (tertiary/aromatic N) is 3. The van der Waals surface area contributed by atoms with Crippen LogP contribution in [0.15, 0.2) is 36.5 Å². The molecule has 1 aromatic carbocycles. The number of carboxylic acid groups (broad SMARTS) is 1. The number of carbonyl (C=O) groups is 2. The van der Waals surface area contributed by atoms with E-state index in [0.29, 0.717) is 35.6 Å². The van der Waals surface area contributed by atoms with E-state index in [1.165, 1.54) is 18.2 Å². The second-order valence-corrected chi connectivity index (χ2v) is 9.17. The Morgan fingerprint density at radius 3 is 2.49 bits per heavy atom. The molecule has 2 aromatic heterocycles. The highest BCUT2D eigenvalue weighted by molar-refractivity contribution is 5.95. The summed E-state index contributed by atoms with van der Waals surface area (Å²) in [4.78, 5) is 31.0. The molecule has 8 nitrogen and oxygen atoms in total. The van der Waals surface area contributed by atoms with Gasteiger partial charge in [0.2, 0.25) is 0 Å². The van der Waals surface area contributed by atoms with E-state index >= 15 is 0 Å². The van der Waals surface area contributed by atoms with E-state index in [-0.39, 0.29) is 36.2 Å². The monoisotopic (exact) mass is 484 g/mol. The van der Waals surface area contributed by atoms with Crippen molar-refractivity contribution in [3.8, 4) is 5.75 Å². The van der Waals surface area contributed by atoms with Crippen molar-refractivity contribution < 1.29 is 28.2 Å². The fourth-order valence-corrected chi connectivity index (χ4v) is 5.43. The summed E-state index contributed by atoms with van der Waals surface area (Å²) in [6.45, 7) is 1.39. The molecule has 2 N–H and O–H groups in total. The zero-order valence-electron chi connectivity index (χ0n) is 19.2. The maximum absolute atomic E-state index is 14.0. The molecule has 35 heavy (non-hydrogen) atoms. The lowest BCUT2D eigenvalue weighted by Crippen LogP contribution is -2.58. The first-order chi connectivity index (χ1) is 16.8. The van der Waals surface area contributed by atoms with Crippen molar-refractivity contribution in [2.75, 3.05) is 0 Å². The highest BCUT2D eigenvalue weighted by Gasteiger charge is 2.41. The number of halogens is 2. The van der Waals surface area contributed by atoms with E-state index in [9.17, 15) is 23.5 Å². The Morgan fingerprint density at radius 2 is 1.83 bits per heavy atom. The number of carbonyl (C=O) groups excluding carboxylic acids is 1. The van der Waals surface area contributed by atoms with Gasteiger partial charge < -0.3 is 20.1 Å². The predicted octanol–water partition coefficient (Wildman–Crippen LogP) is 4.29. The fraction of sp³-hybridized carbons (Fsp3) is 0.400. The molecule has 2 bridgehead atoms. The quantitative estimate of drug-likeness (QED) is 0.563. The number of fused-ring (bicyclic) bond motifs is 3. The summed E-state index contributed by atoms with van der Waals surface area (Å²) in [5.74, 6) is -1.41. The van der Waals surface area contributed by atoms with Gasteiger partial charge in [-0.05, 0) is 63.3 Å². The third kappa shape index (κ3) is 4.28. The average Bonchev–Trinajstić information content (AvgIpc) is 3.14. The van der Waals surface area contributed by atoms with Crippen LogP contribution >= 0.6 is 0 Å². The lowest BCUT2D eigenvalue weighted by atomic mass is 9.82. The molecule has 2 aliphatic rings. The summed E-state index contributed by atoms with van der Waals surface area (Å²) in [6.07, 6.45) is 4.53. The summed E-state index contributed by atoms with van der Waals surface area (Å²) < 4.78 is 35.3. The number of benzene rings is 1. The largest absolute Gasteiger partial charge is 0.485 e. The van der Waals surface area contributed by atoms with Gasteiger partial charge in [-0.25, -0.2) is 18.6 Å². The third-order valence-corrected chi connectivity index (χ3v) is 6.97. The number of piperidine rings is 2. The first-order valence-corrected chi connectivity index (χ1v) is 11.7. The molecule has 2 amide bonds. The van der Waals surface area contributed by atoms with E-state index in [1.807, 2.05) is 0 Å². The minimum Gasteiger partial charge on any atom is -0.485 e. The number of pyridine rings is 1. The van der Waals surface area contributed by atoms with Gasteiger partial charge in [0.15, 0.2) is 11.4 Å². The lowest BCUT2D eigenvalue weighted by Gasteiger charge is -2.47. The van der Waals surface area contributed by atoms with Crippen molar-refractivity contribution >= 4 is 17.6 Å². The first-order valence-electron chi connectivity index (χ1n) is 11.7. The second-order valence-electron chi connectivity index (χ2n) is 9.17. The fourth-order valence-electron chi connectivity index (χ4n) is 5.43. The third-order valence-electron chi connectivity index (χ3n) is 6.97. The topological polar surface area (TPSA) is 96.2 Å². The van der Waals surface area contributed by atoms with Crippen LogP contribution in [0.3, 0.4) is 0 Å². The molecule has 0 aliphatic carbocycles. The van der Waals surface area contributed by atoms with Crippen LogP contribution in [0.4, 0.5) is 13.6 Å². The van der Waals surface area contributed by atoms with Crippen LogP contribution in [0.5, 0.6) is 5.75 Å². The lowest BCUT2D eigenvalue weighted by molar-refractivity contribution is 0.0301. The summed E-state index contributed by atoms with van der Waals surface area (Å²) in [7, 11) is 0. The van der Waals surface area contributed by atoms with Gasteiger partial charge in [0.25, 0.3) is 5.91 Å². The molecule has 2 aliphatic heterocycles. The van der Waals surface area contributed by atoms with E-state index in [1.54, 1.807) is 34.6 Å². The molecular formula is C25H26F2N4O4. The standard InChI is InChI=1S/C25H26F2N4O4/c1-14-22(24(32)29-15-11-16-5-2-6-17(12-15)31(16)25(33)34)30-10-4-9-21(23(30)28-14)35-13-18-19(26)7-3-8-20(18)27/h3-4,7-10,15-17H,2,5-6,11-13H2,1H3,(H,29,32)(H,33,34). The highest BCUT2D eigenvalue weighted by atomic mass is 19.1. The summed E-state index contributed by atoms with van der Waals surface area (Å²) in [5, 5.41) is 12.6. The minimum atomic E-state index is -0.898. The van der Waals surface area contributed by atoms with E-state index in [0.717, 1.165) is 19.3 Å². The van der Waals surface area contributed by atoms with Crippen LogP contribution in [0.2, 0.25) is 0 Å². The molecule has 0 saturated carbocycles. The van der Waals surface area contributed by atoms with Crippen molar-refractivity contribution in [3.63, 3.8) is 0 Å². The van der Waals surface area contributed by atoms with Gasteiger partial charge in [-0.15, -0.1) is 0 Å². The summed E-state index contributed by atoms with van der Waals surface area (Å²) in [5.41, 5.74) is 1.01. The predicted molar refractivity (Wildman–Crippen MR) is 122 cm³/mol. The number of rotatable bonds is 5. The zero-order chi connectivity index (χ0) is 24.7. The van der Waals surface area contributed by atoms with Crippen LogP contribution in [0, 0.1) is 18.6 Å². The maximum atomic E-state index is 14.0. The Kier molecular flexibility index (Phi) is 6.04. The molecule has 2 fully saturated rings. The Morgan fingerprint density at radius 1 is 1.14 bits per heavy atom. The van der Waals surface area contributed by atoms with Gasteiger partial charge in [0.05, 0.1) is 11.3 Å². The molecule has 4 heterocycles. The molecular weight excluding hydrogens is 458 g/mol. The number of nitrogens with one attached hydrogen (secondary N) is 1. The van der Waals surface area contributed by atoms with E-state index < -0.39 is 17.7 Å². The van der Waals surface area contributed by atoms with Gasteiger partial charge in [0.1, 0.15) is 23.9 Å². The summed E-state index contributed by atoms with van der Waals surface area (Å²) >= 11 is 0. The van der Waals surface area contributed by atoms with Gasteiger partial charge in [-0.2, -0.15) is 0 Å². The van der Waals surface area contributed by atoms with Crippen molar-refractivity contribution in [2.24, 2.45) is 0 Å². The Labute approximate surface area is 200 Å². The second kappa shape index (κ2) is 9.16. The molecule has 2 atom stereocenters. The van der Waals surface area contributed by atoms with Crippen LogP contribution in [-0.2, 0) is 6.61 Å². The van der Waals surface area contributed by atoms with Gasteiger partial charge in [0, 0.05) is 24.3 Å². The van der Waals surface area contributed by atoms with E-state index in [2.05, 4.69) is 10.3 Å². The van der Waals surface area contributed by atoms with Crippen LogP contribution < -0.4 is 10.1 Å². The Bertz CT molecular complexity index is 1260. The van der Waals surface area contributed by atoms with Crippen molar-refractivity contribution in [2.45, 2.75) is 63.8 Å². The molecule has 3 aromatic rings. The average molecular weight is 485 g/mol. The van der Waals surface area contributed by atoms with Crippen LogP contribution in [-0.4, -0.2) is 49.5 Å². The number of amides is 2. The molecule has 2 unspecified atom stereocenters. The minimum absolute atomic E-state index is 0.0904. The number of aromatic nitrogens is 2. The SMILES string of the molecule is Cc1nc2c(OCc3c(F)cccc3F)cccn2c1C(=O)NC1CC2CCCC(C1)N2C(=O)O. The van der Waals surface area contributed by atoms with Gasteiger partial charge >= 0.3 is 6.09 Å². The number of ether oxygens (including phenoxy) is 1. The van der Waals surface area contributed by atoms with Crippen molar-refractivity contribution in [1.82, 2.24) is 19.6 Å². The normalized spacial score (nSPS) is 21.7. The van der Waals surface area contributed by atoms with E-state index in [4.69, 9.17) is 4.74 Å². The van der Waals surface area contributed by atoms with Crippen LogP contribution in [0.1, 0.15) is 53.8 Å². The number of hydrogen-bond donors (Lipinski definition) is 2. The van der Waals surface area contributed by atoms with Gasteiger partial charge in [-0.1, -0.05) is 6.07 Å². The number of hydrogen-bond acceptors (Lipinski definition) is 4. The molecule has 10 heteroatoms. The highest BCUT2D eigenvalue weighted by Crippen LogP contribution is 2.34. The maximum Gasteiger partial charge on any atom is 0.407 e. The number of aryl methyl sites for hydroxylation is 1. The van der Waals surface area contributed by atoms with Crippen molar-refractivity contribution in [1.29, 1.82) is 0 Å². The zero-order valence-corrected chi connectivity index (χ0v) is 19.2. The molecule has 184 valence electrons. The van der Waals surface area contributed by atoms with Gasteiger partial charge in [-0.3, -0.25) is 9.20 Å². The Hall–Kier alpha value is -3.69. The molecule has 5 rings (SSSR count). The van der Waals surface area contributed by atoms with Crippen molar-refractivity contribution in [3.05, 3.63) is 65.1 Å². The molecule has 2 saturated heterocycles. The summed E-state index contributed by atoms with van der Waals surface area (Å²) in [6, 6.07) is 6.61. The molecule has 0 radical (unpaired) electrons. The van der Waals surface area contributed by atoms with Crippen LogP contribution in [0.25, 0.3) is 5.65 Å². The number of imidazole rings is 1. The Balaban J connectivity index is 1.35. The first kappa shape index (κ1) is 23.1. The molecule has 0 spiro atoms.